The molecule has 7 nitrogen and oxygen atoms in total. The number of likely N-dealkylation sites (tertiary alicyclic amines) is 1. The van der Waals surface area contributed by atoms with Gasteiger partial charge in [0.15, 0.2) is 0 Å². The highest BCUT2D eigenvalue weighted by Crippen LogP contribution is 2.46. The molecule has 2 heterocycles. The number of halogens is 1. The number of hydrogen-bond acceptors (Lipinski definition) is 5. The lowest BCUT2D eigenvalue weighted by atomic mass is 9.88. The summed E-state index contributed by atoms with van der Waals surface area (Å²) in [6, 6.07) is 2.61. The smallest absolute Gasteiger partial charge is 0.414 e. The Balaban J connectivity index is 2.06. The number of benzene rings is 1. The van der Waals surface area contributed by atoms with Gasteiger partial charge in [0.1, 0.15) is 17.0 Å². The first-order valence-corrected chi connectivity index (χ1v) is 10.1. The fourth-order valence-electron chi connectivity index (χ4n) is 4.12. The fraction of sp³-hybridized carbons (Fsp3) is 0.619. The third kappa shape index (κ3) is 3.96. The third-order valence-corrected chi connectivity index (χ3v) is 5.60. The van der Waals surface area contributed by atoms with Gasteiger partial charge in [-0.15, -0.1) is 0 Å². The number of nitrogens with one attached hydrogen (secondary N) is 1. The predicted molar refractivity (Wildman–Crippen MR) is 110 cm³/mol. The first-order chi connectivity index (χ1) is 13.5. The van der Waals surface area contributed by atoms with Crippen molar-refractivity contribution < 1.29 is 18.7 Å². The van der Waals surface area contributed by atoms with E-state index < -0.39 is 23.1 Å². The van der Waals surface area contributed by atoms with Crippen LogP contribution in [0.4, 0.5) is 20.6 Å². The molecule has 1 aromatic carbocycles. The number of amides is 2. The molecule has 0 saturated carbocycles. The first kappa shape index (κ1) is 21.5. The summed E-state index contributed by atoms with van der Waals surface area (Å²) in [6.07, 6.45) is 1.19. The van der Waals surface area contributed by atoms with Crippen LogP contribution in [0.5, 0.6) is 0 Å². The van der Waals surface area contributed by atoms with Gasteiger partial charge in [0.25, 0.3) is 0 Å². The minimum Gasteiger partial charge on any atom is -0.443 e. The van der Waals surface area contributed by atoms with E-state index in [0.29, 0.717) is 30.0 Å². The molecule has 2 aliphatic rings. The molecule has 2 amide bonds. The maximum Gasteiger partial charge on any atom is 0.414 e. The molecule has 3 N–H and O–H groups in total. The summed E-state index contributed by atoms with van der Waals surface area (Å²) in [4.78, 5) is 29.2. The molecule has 2 atom stereocenters. The van der Waals surface area contributed by atoms with Crippen LogP contribution in [0.15, 0.2) is 12.1 Å². The second-order valence-corrected chi connectivity index (χ2v) is 8.95. The highest BCUT2D eigenvalue weighted by molar-refractivity contribution is 6.10. The topological polar surface area (TPSA) is 87.9 Å². The molecule has 0 spiro atoms. The van der Waals surface area contributed by atoms with Gasteiger partial charge in [0.05, 0.1) is 11.4 Å². The zero-order valence-electron chi connectivity index (χ0n) is 17.8. The molecule has 1 unspecified atom stereocenters. The quantitative estimate of drug-likeness (QED) is 0.805. The SMILES string of the molecule is CCN(C(=O)OC(C)(C)C)c1cc(F)cc2c1NC(=O)C2(C)N1CCC[C@@H](N)C1. The van der Waals surface area contributed by atoms with Crippen molar-refractivity contribution in [2.24, 2.45) is 5.73 Å². The Morgan fingerprint density at radius 1 is 1.45 bits per heavy atom. The normalized spacial score (nSPS) is 24.8. The van der Waals surface area contributed by atoms with E-state index in [1.807, 2.05) is 4.90 Å². The van der Waals surface area contributed by atoms with Gasteiger partial charge in [-0.05, 0) is 66.1 Å². The Morgan fingerprint density at radius 3 is 2.72 bits per heavy atom. The lowest BCUT2D eigenvalue weighted by Crippen LogP contribution is -2.55. The third-order valence-electron chi connectivity index (χ3n) is 5.60. The highest BCUT2D eigenvalue weighted by Gasteiger charge is 2.50. The second-order valence-electron chi connectivity index (χ2n) is 8.95. The highest BCUT2D eigenvalue weighted by atomic mass is 19.1. The van der Waals surface area contributed by atoms with Crippen molar-refractivity contribution in [1.82, 2.24) is 4.90 Å². The Bertz CT molecular complexity index is 823. The van der Waals surface area contributed by atoms with E-state index in [-0.39, 0.29) is 18.5 Å². The molecular weight excluding hydrogens is 375 g/mol. The Kier molecular flexibility index (Phi) is 5.62. The average Bonchev–Trinajstić information content (AvgIpc) is 2.86. The van der Waals surface area contributed by atoms with Gasteiger partial charge in [0.2, 0.25) is 5.91 Å². The van der Waals surface area contributed by atoms with Gasteiger partial charge < -0.3 is 15.8 Å². The maximum absolute atomic E-state index is 14.7. The summed E-state index contributed by atoms with van der Waals surface area (Å²) >= 11 is 0. The van der Waals surface area contributed by atoms with Crippen molar-refractivity contribution >= 4 is 23.4 Å². The van der Waals surface area contributed by atoms with Crippen LogP contribution in [0, 0.1) is 5.82 Å². The van der Waals surface area contributed by atoms with Crippen LogP contribution in [0.3, 0.4) is 0 Å². The largest absolute Gasteiger partial charge is 0.443 e. The number of nitrogens with two attached hydrogens (primary N) is 1. The molecule has 160 valence electrons. The van der Waals surface area contributed by atoms with Crippen LogP contribution in [0.25, 0.3) is 0 Å². The van der Waals surface area contributed by atoms with Crippen LogP contribution in [-0.4, -0.2) is 48.2 Å². The number of anilines is 2. The maximum atomic E-state index is 14.7. The second kappa shape index (κ2) is 7.57. The van der Waals surface area contributed by atoms with Crippen molar-refractivity contribution in [3.8, 4) is 0 Å². The molecule has 1 fully saturated rings. The molecule has 29 heavy (non-hydrogen) atoms. The van der Waals surface area contributed by atoms with Gasteiger partial charge >= 0.3 is 6.09 Å². The van der Waals surface area contributed by atoms with Crippen LogP contribution >= 0.6 is 0 Å². The average molecular weight is 407 g/mol. The number of ether oxygens (including phenoxy) is 1. The van der Waals surface area contributed by atoms with E-state index in [4.69, 9.17) is 10.5 Å². The fourth-order valence-corrected chi connectivity index (χ4v) is 4.12. The molecule has 0 radical (unpaired) electrons. The molecule has 1 saturated heterocycles. The summed E-state index contributed by atoms with van der Waals surface area (Å²) in [5.41, 5.74) is 5.67. The van der Waals surface area contributed by atoms with E-state index in [2.05, 4.69) is 5.32 Å². The van der Waals surface area contributed by atoms with Crippen molar-refractivity contribution in [3.05, 3.63) is 23.5 Å². The zero-order valence-corrected chi connectivity index (χ0v) is 17.8. The molecule has 0 bridgehead atoms. The summed E-state index contributed by atoms with van der Waals surface area (Å²) in [5.74, 6) is -0.751. The first-order valence-electron chi connectivity index (χ1n) is 10.1. The Hall–Kier alpha value is -2.19. The number of nitrogens with zero attached hydrogens (tertiary/aromatic N) is 2. The standard InChI is InChI=1S/C21H31FN4O3/c1-6-26(19(28)29-20(2,3)4)16-11-13(22)10-15-17(16)24-18(27)21(15,5)25-9-7-8-14(23)12-25/h10-11,14H,6-9,12,23H2,1-5H3,(H,24,27)/t14-,21?/m1/s1. The predicted octanol–water partition coefficient (Wildman–Crippen LogP) is 3.18. The van der Waals surface area contributed by atoms with Crippen LogP contribution in [-0.2, 0) is 15.1 Å². The van der Waals surface area contributed by atoms with Crippen molar-refractivity contribution in [1.29, 1.82) is 0 Å². The van der Waals surface area contributed by atoms with E-state index in [0.717, 1.165) is 12.8 Å². The summed E-state index contributed by atoms with van der Waals surface area (Å²) in [7, 11) is 0. The van der Waals surface area contributed by atoms with Crippen LogP contribution in [0.1, 0.15) is 53.0 Å². The number of rotatable bonds is 3. The van der Waals surface area contributed by atoms with Crippen LogP contribution < -0.4 is 16.0 Å². The lowest BCUT2D eigenvalue weighted by molar-refractivity contribution is -0.127. The Morgan fingerprint density at radius 2 is 2.14 bits per heavy atom. The minimum atomic E-state index is -1.04. The molecule has 1 aromatic rings. The van der Waals surface area contributed by atoms with E-state index in [1.54, 1.807) is 34.6 Å². The Labute approximate surface area is 171 Å². The van der Waals surface area contributed by atoms with E-state index in [9.17, 15) is 14.0 Å². The number of hydrogen-bond donors (Lipinski definition) is 2. The monoisotopic (exact) mass is 406 g/mol. The van der Waals surface area contributed by atoms with Gasteiger partial charge in [-0.25, -0.2) is 9.18 Å². The number of carbonyl (C=O) groups excluding carboxylic acids is 2. The number of carbonyl (C=O) groups is 2. The summed E-state index contributed by atoms with van der Waals surface area (Å²) in [5, 5.41) is 2.89. The van der Waals surface area contributed by atoms with Gasteiger partial charge in [-0.2, -0.15) is 0 Å². The zero-order chi connectivity index (χ0) is 21.6. The molecule has 2 aliphatic heterocycles. The van der Waals surface area contributed by atoms with Crippen molar-refractivity contribution in [3.63, 3.8) is 0 Å². The van der Waals surface area contributed by atoms with Crippen LogP contribution in [0.2, 0.25) is 0 Å². The van der Waals surface area contributed by atoms with E-state index >= 15 is 0 Å². The molecule has 0 aliphatic carbocycles. The molecule has 0 aromatic heterocycles. The van der Waals surface area contributed by atoms with Gasteiger partial charge in [0, 0.05) is 24.7 Å². The van der Waals surface area contributed by atoms with Gasteiger partial charge in [-0.1, -0.05) is 0 Å². The van der Waals surface area contributed by atoms with Gasteiger partial charge in [-0.3, -0.25) is 14.6 Å². The number of piperidine rings is 1. The van der Waals surface area contributed by atoms with E-state index in [1.165, 1.54) is 17.0 Å². The lowest BCUT2D eigenvalue weighted by Gasteiger charge is -2.41. The summed E-state index contributed by atoms with van der Waals surface area (Å²) in [6.45, 7) is 10.4. The number of fused-ring (bicyclic) bond motifs is 1. The summed E-state index contributed by atoms with van der Waals surface area (Å²) < 4.78 is 20.2. The van der Waals surface area contributed by atoms with Crippen molar-refractivity contribution in [2.45, 2.75) is 64.6 Å². The molecular formula is C21H31FN4O3. The molecule has 8 heteroatoms. The minimum absolute atomic E-state index is 0.0284. The van der Waals surface area contributed by atoms with Crippen molar-refractivity contribution in [2.75, 3.05) is 29.9 Å². The molecule has 3 rings (SSSR count).